The summed E-state index contributed by atoms with van der Waals surface area (Å²) in [6.45, 7) is 3.09. The van der Waals surface area contributed by atoms with Crippen LogP contribution in [0.1, 0.15) is 81.8 Å². The number of aliphatic hydroxyl groups is 3. The number of fused-ring (bicyclic) bond motifs is 5. The molecule has 2 aromatic carbocycles. The molecule has 1 heterocycles. The monoisotopic (exact) mass is 696 g/mol. The van der Waals surface area contributed by atoms with Crippen LogP contribution >= 0.6 is 0 Å². The van der Waals surface area contributed by atoms with Gasteiger partial charge in [-0.15, -0.1) is 0 Å². The number of Topliss-reactive ketones (excluding diaryl/α,β-unsaturated/α-hetero) is 4. The highest BCUT2D eigenvalue weighted by Crippen LogP contribution is 2.56. The van der Waals surface area contributed by atoms with Gasteiger partial charge in [0.25, 0.3) is 5.91 Å². The number of nitrogens with one attached hydrogen (secondary N) is 1. The molecule has 6 rings (SSSR count). The number of phenols is 2. The summed E-state index contributed by atoms with van der Waals surface area (Å²) < 4.78 is 22.0. The zero-order chi connectivity index (χ0) is 36.8. The molecule has 3 aliphatic carbocycles. The number of carbonyl (C=O) groups excluding carboxylic acids is 5. The summed E-state index contributed by atoms with van der Waals surface area (Å²) in [7, 11) is 4.88. The highest BCUT2D eigenvalue weighted by molar-refractivity contribution is 6.53. The lowest BCUT2D eigenvalue weighted by molar-refractivity contribution is -0.228. The van der Waals surface area contributed by atoms with Crippen LogP contribution in [0.5, 0.6) is 11.5 Å². The Kier molecular flexibility index (Phi) is 8.58. The van der Waals surface area contributed by atoms with Gasteiger partial charge in [-0.05, 0) is 31.0 Å². The van der Waals surface area contributed by atoms with E-state index >= 15 is 0 Å². The first-order valence-electron chi connectivity index (χ1n) is 15.6. The molecule has 0 bridgehead atoms. The molecule has 16 nitrogen and oxygen atoms in total. The predicted octanol–water partition coefficient (Wildman–Crippen LogP) is -0.319. The molecule has 4 aliphatic rings. The number of ether oxygens (including phenoxy) is 4. The molecule has 0 radical (unpaired) electrons. The Bertz CT molecular complexity index is 1920. The van der Waals surface area contributed by atoms with Crippen LogP contribution < -0.4 is 5.32 Å². The van der Waals surface area contributed by atoms with Gasteiger partial charge in [-0.2, -0.15) is 0 Å². The van der Waals surface area contributed by atoms with Gasteiger partial charge in [0.15, 0.2) is 23.2 Å². The minimum absolute atomic E-state index is 0.0232. The standard InChI is InChI=1S/C34H36N2O14/c1-11-7-13-8-18(38)34(49-6)30(44)21-15(29(43)33(34,46)22(13)25(41)19(11)31(45)35-3)9-14-20(24(21)40)17(37)10-16(23(14)39)36-32-28(48-5)26(42)27(47-4)12(2)50-32/h7,9,12,18,26-28,32,38,40-42,46H,8,10H2,1-6H3,(H,35,45)/t12-,18+,26+,27-,28+,32?,33-,34+/m0/s1. The van der Waals surface area contributed by atoms with E-state index in [4.69, 9.17) is 18.9 Å². The van der Waals surface area contributed by atoms with Crippen LogP contribution in [0.4, 0.5) is 0 Å². The first-order valence-corrected chi connectivity index (χ1v) is 15.6. The van der Waals surface area contributed by atoms with Crippen molar-refractivity contribution in [2.75, 3.05) is 28.4 Å². The topological polar surface area (TPSA) is 248 Å². The highest BCUT2D eigenvalue weighted by atomic mass is 16.6. The SMILES string of the molecule is CNC(=O)c1c(C)cc2c(c1O)[C@]1(O)C(=O)c3cc4c(c(O)c3C(=O)[C@]1(OC)[C@H](O)C2)C(=O)CC(=NC1O[C@@H](C)[C@H](OC)[C@@H](O)[C@H]1OC)C4=O. The summed E-state index contributed by atoms with van der Waals surface area (Å²) in [5.74, 6) is -7.18. The summed E-state index contributed by atoms with van der Waals surface area (Å²) >= 11 is 0. The van der Waals surface area contributed by atoms with Crippen LogP contribution in [-0.2, 0) is 31.0 Å². The lowest BCUT2D eigenvalue weighted by Crippen LogP contribution is -2.73. The first-order chi connectivity index (χ1) is 23.6. The minimum atomic E-state index is -3.20. The number of ketones is 4. The molecule has 2 aromatic rings. The van der Waals surface area contributed by atoms with Crippen LogP contribution in [0.15, 0.2) is 17.1 Å². The van der Waals surface area contributed by atoms with Crippen LogP contribution in [0, 0.1) is 6.92 Å². The molecule has 16 heteroatoms. The number of rotatable bonds is 5. The van der Waals surface area contributed by atoms with E-state index in [2.05, 4.69) is 10.3 Å². The molecule has 1 saturated heterocycles. The third-order valence-electron chi connectivity index (χ3n) is 10.3. The van der Waals surface area contributed by atoms with Crippen LogP contribution in [-0.4, -0.2) is 131 Å². The minimum Gasteiger partial charge on any atom is -0.507 e. The van der Waals surface area contributed by atoms with Crippen molar-refractivity contribution in [1.29, 1.82) is 0 Å². The van der Waals surface area contributed by atoms with Crippen molar-refractivity contribution in [2.24, 2.45) is 4.99 Å². The van der Waals surface area contributed by atoms with Gasteiger partial charge in [0, 0.05) is 51.5 Å². The summed E-state index contributed by atoms with van der Waals surface area (Å²) in [5.41, 5.74) is -9.74. The normalized spacial score (nSPS) is 32.7. The Hall–Kier alpha value is -4.42. The zero-order valence-electron chi connectivity index (χ0n) is 27.9. The van der Waals surface area contributed by atoms with Crippen LogP contribution in [0.25, 0.3) is 0 Å². The van der Waals surface area contributed by atoms with Gasteiger partial charge in [-0.3, -0.25) is 29.0 Å². The van der Waals surface area contributed by atoms with E-state index in [9.17, 15) is 49.5 Å². The molecular weight excluding hydrogens is 660 g/mol. The molecule has 0 aromatic heterocycles. The zero-order valence-corrected chi connectivity index (χ0v) is 27.9. The third-order valence-corrected chi connectivity index (χ3v) is 10.3. The van der Waals surface area contributed by atoms with Gasteiger partial charge in [0.05, 0.1) is 41.0 Å². The van der Waals surface area contributed by atoms with Crippen molar-refractivity contribution >= 4 is 34.8 Å². The van der Waals surface area contributed by atoms with Gasteiger partial charge < -0.3 is 49.8 Å². The molecule has 1 fully saturated rings. The number of aliphatic hydroxyl groups excluding tert-OH is 2. The number of aromatic hydroxyl groups is 2. The molecule has 1 aliphatic heterocycles. The summed E-state index contributed by atoms with van der Waals surface area (Å²) in [4.78, 5) is 73.6. The Morgan fingerprint density at radius 3 is 2.24 bits per heavy atom. The maximum atomic E-state index is 14.6. The third kappa shape index (κ3) is 4.43. The van der Waals surface area contributed by atoms with Gasteiger partial charge >= 0.3 is 0 Å². The number of carbonyl (C=O) groups is 5. The van der Waals surface area contributed by atoms with Gasteiger partial charge in [-0.25, -0.2) is 0 Å². The molecule has 6 N–H and O–H groups in total. The van der Waals surface area contributed by atoms with E-state index < -0.39 is 129 Å². The van der Waals surface area contributed by atoms with E-state index in [1.54, 1.807) is 6.92 Å². The number of benzene rings is 2. The van der Waals surface area contributed by atoms with Gasteiger partial charge in [-0.1, -0.05) is 6.07 Å². The largest absolute Gasteiger partial charge is 0.507 e. The Morgan fingerprint density at radius 2 is 1.64 bits per heavy atom. The van der Waals surface area contributed by atoms with E-state index in [0.717, 1.165) is 13.2 Å². The number of hydrogen-bond donors (Lipinski definition) is 6. The highest BCUT2D eigenvalue weighted by Gasteiger charge is 2.72. The fourth-order valence-electron chi connectivity index (χ4n) is 7.95. The Morgan fingerprint density at radius 1 is 0.980 bits per heavy atom. The number of amides is 1. The molecule has 1 unspecified atom stereocenters. The van der Waals surface area contributed by atoms with E-state index in [0.29, 0.717) is 0 Å². The van der Waals surface area contributed by atoms with E-state index in [1.165, 1.54) is 34.3 Å². The first kappa shape index (κ1) is 35.4. The molecular formula is C34H36N2O14. The Labute approximate surface area is 284 Å². The number of aryl methyl sites for hydroxylation is 1. The van der Waals surface area contributed by atoms with Crippen LogP contribution in [0.2, 0.25) is 0 Å². The van der Waals surface area contributed by atoms with Crippen molar-refractivity contribution < 1.29 is 68.5 Å². The molecule has 0 spiro atoms. The average molecular weight is 697 g/mol. The maximum Gasteiger partial charge on any atom is 0.255 e. The molecule has 1 amide bonds. The predicted molar refractivity (Wildman–Crippen MR) is 169 cm³/mol. The van der Waals surface area contributed by atoms with Crippen molar-refractivity contribution in [3.8, 4) is 11.5 Å². The number of aliphatic imine (C=N–C) groups is 1. The second kappa shape index (κ2) is 12.1. The number of methoxy groups -OCH3 is 3. The molecule has 50 heavy (non-hydrogen) atoms. The number of nitrogens with zero attached hydrogens (tertiary/aromatic N) is 1. The quantitative estimate of drug-likeness (QED) is 0.235. The molecule has 266 valence electrons. The maximum absolute atomic E-state index is 14.6. The van der Waals surface area contributed by atoms with Gasteiger partial charge in [0.2, 0.25) is 17.3 Å². The Balaban J connectivity index is 1.55. The molecule has 8 atom stereocenters. The molecule has 0 saturated carbocycles. The van der Waals surface area contributed by atoms with Crippen molar-refractivity contribution in [3.05, 3.63) is 56.6 Å². The lowest BCUT2D eigenvalue weighted by atomic mass is 9.56. The van der Waals surface area contributed by atoms with Gasteiger partial charge in [0.1, 0.15) is 29.8 Å². The lowest BCUT2D eigenvalue weighted by Gasteiger charge is -2.53. The second-order valence-corrected chi connectivity index (χ2v) is 12.8. The number of phenolic OH excluding ortho intramolecular Hbond substituents is 2. The average Bonchev–Trinajstić information content (AvgIpc) is 3.05. The van der Waals surface area contributed by atoms with E-state index in [1.807, 2.05) is 0 Å². The second-order valence-electron chi connectivity index (χ2n) is 12.8. The van der Waals surface area contributed by atoms with Crippen molar-refractivity contribution in [3.63, 3.8) is 0 Å². The van der Waals surface area contributed by atoms with Crippen molar-refractivity contribution in [2.45, 2.75) is 74.6 Å². The summed E-state index contributed by atoms with van der Waals surface area (Å²) in [5, 5.41) is 60.0. The fourth-order valence-corrected chi connectivity index (χ4v) is 7.95. The summed E-state index contributed by atoms with van der Waals surface area (Å²) in [6, 6.07) is 2.23. The smallest absolute Gasteiger partial charge is 0.255 e. The fraction of sp³-hybridized carbons (Fsp3) is 0.471. The number of hydrogen-bond acceptors (Lipinski definition) is 15. The van der Waals surface area contributed by atoms with Crippen LogP contribution in [0.3, 0.4) is 0 Å². The summed E-state index contributed by atoms with van der Waals surface area (Å²) in [6.07, 6.45) is -8.17. The van der Waals surface area contributed by atoms with Crippen molar-refractivity contribution in [1.82, 2.24) is 5.32 Å². The van der Waals surface area contributed by atoms with E-state index in [-0.39, 0.29) is 22.4 Å².